The van der Waals surface area contributed by atoms with E-state index in [4.69, 9.17) is 10.5 Å². The van der Waals surface area contributed by atoms with Gasteiger partial charge in [-0.15, -0.1) is 0 Å². The van der Waals surface area contributed by atoms with Crippen LogP contribution in [-0.4, -0.2) is 33.2 Å². The van der Waals surface area contributed by atoms with Crippen molar-refractivity contribution in [3.8, 4) is 0 Å². The molecule has 0 aliphatic rings. The van der Waals surface area contributed by atoms with Crippen LogP contribution >= 0.6 is 0 Å². The number of aromatic nitrogens is 1. The molecule has 4 N–H and O–H groups in total. The van der Waals surface area contributed by atoms with Gasteiger partial charge in [-0.3, -0.25) is 0 Å². The van der Waals surface area contributed by atoms with Crippen LogP contribution in [0.4, 0.5) is 0 Å². The Balaban J connectivity index is 2.40. The number of nitrogens with one attached hydrogen (secondary N) is 2. The van der Waals surface area contributed by atoms with Gasteiger partial charge in [0.1, 0.15) is 0 Å². The van der Waals surface area contributed by atoms with Gasteiger partial charge in [-0.2, -0.15) is 0 Å². The second kappa shape index (κ2) is 6.89. The molecule has 104 valence electrons. The van der Waals surface area contributed by atoms with E-state index in [9.17, 15) is 8.42 Å². The van der Waals surface area contributed by atoms with Gasteiger partial charge in [0.2, 0.25) is 10.0 Å². The summed E-state index contributed by atoms with van der Waals surface area (Å²) in [6, 6.07) is 1.53. The van der Waals surface area contributed by atoms with Gasteiger partial charge in [0.15, 0.2) is 0 Å². The Morgan fingerprint density at radius 3 is 2.78 bits per heavy atom. The minimum atomic E-state index is -3.47. The number of aromatic amines is 1. The van der Waals surface area contributed by atoms with E-state index in [2.05, 4.69) is 9.71 Å². The number of rotatable bonds is 8. The van der Waals surface area contributed by atoms with Gasteiger partial charge in [0.25, 0.3) is 0 Å². The molecule has 0 bridgehead atoms. The van der Waals surface area contributed by atoms with Crippen LogP contribution in [0, 0.1) is 5.92 Å². The van der Waals surface area contributed by atoms with Crippen LogP contribution in [0.1, 0.15) is 19.5 Å². The normalized spacial score (nSPS) is 12.2. The highest BCUT2D eigenvalue weighted by Gasteiger charge is 2.14. The predicted molar refractivity (Wildman–Crippen MR) is 69.5 cm³/mol. The monoisotopic (exact) mass is 275 g/mol. The van der Waals surface area contributed by atoms with Crippen molar-refractivity contribution < 1.29 is 13.2 Å². The first-order chi connectivity index (χ1) is 8.45. The lowest BCUT2D eigenvalue weighted by Gasteiger charge is -2.07. The molecule has 1 heterocycles. The smallest absolute Gasteiger partial charge is 0.242 e. The van der Waals surface area contributed by atoms with Gasteiger partial charge < -0.3 is 15.5 Å². The fourth-order valence-corrected chi connectivity index (χ4v) is 2.37. The van der Waals surface area contributed by atoms with Gasteiger partial charge in [-0.05, 0) is 12.0 Å². The molecule has 0 aliphatic carbocycles. The summed E-state index contributed by atoms with van der Waals surface area (Å²) in [5.41, 5.74) is 6.09. The van der Waals surface area contributed by atoms with Crippen molar-refractivity contribution in [1.82, 2.24) is 9.71 Å². The molecule has 0 aliphatic heterocycles. The Kier molecular flexibility index (Phi) is 5.80. The highest BCUT2D eigenvalue weighted by molar-refractivity contribution is 7.89. The van der Waals surface area contributed by atoms with Crippen molar-refractivity contribution in [2.24, 2.45) is 11.7 Å². The lowest BCUT2D eigenvalue weighted by molar-refractivity contribution is 0.114. The van der Waals surface area contributed by atoms with Crippen LogP contribution in [0.3, 0.4) is 0 Å². The first-order valence-electron chi connectivity index (χ1n) is 5.90. The summed E-state index contributed by atoms with van der Waals surface area (Å²) < 4.78 is 31.4. The second-order valence-corrected chi connectivity index (χ2v) is 6.20. The quantitative estimate of drug-likeness (QED) is 0.599. The maximum atomic E-state index is 11.8. The summed E-state index contributed by atoms with van der Waals surface area (Å²) in [6.45, 7) is 5.62. The SMILES string of the molecule is CC(C)COCCNS(=O)(=O)c1c[nH]c(CN)c1. The third kappa shape index (κ3) is 4.77. The summed E-state index contributed by atoms with van der Waals surface area (Å²) in [5, 5.41) is 0. The van der Waals surface area contributed by atoms with E-state index in [0.29, 0.717) is 24.8 Å². The van der Waals surface area contributed by atoms with Crippen molar-refractivity contribution in [3.63, 3.8) is 0 Å². The molecule has 1 rings (SSSR count). The molecule has 0 aromatic carbocycles. The van der Waals surface area contributed by atoms with Crippen LogP contribution < -0.4 is 10.5 Å². The molecule has 0 atom stereocenters. The van der Waals surface area contributed by atoms with Crippen molar-refractivity contribution in [2.45, 2.75) is 25.3 Å². The molecule has 0 radical (unpaired) electrons. The van der Waals surface area contributed by atoms with Crippen LogP contribution in [0.15, 0.2) is 17.2 Å². The number of sulfonamides is 1. The average Bonchev–Trinajstić information content (AvgIpc) is 2.77. The van der Waals surface area contributed by atoms with Gasteiger partial charge >= 0.3 is 0 Å². The van der Waals surface area contributed by atoms with E-state index in [-0.39, 0.29) is 18.0 Å². The Labute approximate surface area is 108 Å². The topological polar surface area (TPSA) is 97.2 Å². The molecule has 7 heteroatoms. The fourth-order valence-electron chi connectivity index (χ4n) is 1.34. The zero-order valence-corrected chi connectivity index (χ0v) is 11.6. The van der Waals surface area contributed by atoms with Gasteiger partial charge in [-0.25, -0.2) is 13.1 Å². The van der Waals surface area contributed by atoms with Crippen LogP contribution in [0.5, 0.6) is 0 Å². The maximum Gasteiger partial charge on any atom is 0.242 e. The Morgan fingerprint density at radius 2 is 2.22 bits per heavy atom. The van der Waals surface area contributed by atoms with E-state index in [0.717, 1.165) is 0 Å². The molecule has 0 spiro atoms. The highest BCUT2D eigenvalue weighted by Crippen LogP contribution is 2.09. The third-order valence-corrected chi connectivity index (χ3v) is 3.68. The van der Waals surface area contributed by atoms with Gasteiger partial charge in [-0.1, -0.05) is 13.8 Å². The van der Waals surface area contributed by atoms with E-state index < -0.39 is 10.0 Å². The number of hydrogen-bond acceptors (Lipinski definition) is 4. The lowest BCUT2D eigenvalue weighted by atomic mass is 10.2. The summed E-state index contributed by atoms with van der Waals surface area (Å²) in [5.74, 6) is 0.443. The zero-order valence-electron chi connectivity index (χ0n) is 10.8. The fraction of sp³-hybridized carbons (Fsp3) is 0.636. The minimum Gasteiger partial charge on any atom is -0.380 e. The molecular formula is C11H21N3O3S. The molecule has 0 fully saturated rings. The molecule has 1 aromatic heterocycles. The van der Waals surface area contributed by atoms with Gasteiger partial charge in [0, 0.05) is 31.6 Å². The first kappa shape index (κ1) is 15.2. The number of ether oxygens (including phenoxy) is 1. The summed E-state index contributed by atoms with van der Waals surface area (Å²) in [7, 11) is -3.47. The van der Waals surface area contributed by atoms with Crippen molar-refractivity contribution >= 4 is 10.0 Å². The Hall–Kier alpha value is -0.890. The van der Waals surface area contributed by atoms with E-state index in [1.54, 1.807) is 0 Å². The Morgan fingerprint density at radius 1 is 1.50 bits per heavy atom. The lowest BCUT2D eigenvalue weighted by Crippen LogP contribution is -2.27. The molecule has 0 saturated carbocycles. The first-order valence-corrected chi connectivity index (χ1v) is 7.39. The molecule has 0 amide bonds. The number of hydrogen-bond donors (Lipinski definition) is 3. The van der Waals surface area contributed by atoms with Crippen molar-refractivity contribution in [2.75, 3.05) is 19.8 Å². The Bertz CT molecular complexity index is 454. The standard InChI is InChI=1S/C11H21N3O3S/c1-9(2)8-17-4-3-14-18(15,16)11-5-10(6-12)13-7-11/h5,7,9,13-14H,3-4,6,8,12H2,1-2H3. The summed E-state index contributed by atoms with van der Waals surface area (Å²) >= 11 is 0. The molecule has 0 unspecified atom stereocenters. The maximum absolute atomic E-state index is 11.8. The molecule has 6 nitrogen and oxygen atoms in total. The van der Waals surface area contributed by atoms with Crippen molar-refractivity contribution in [3.05, 3.63) is 18.0 Å². The van der Waals surface area contributed by atoms with Crippen LogP contribution in [0.2, 0.25) is 0 Å². The summed E-state index contributed by atoms with van der Waals surface area (Å²) in [4.78, 5) is 3.00. The second-order valence-electron chi connectivity index (χ2n) is 4.43. The summed E-state index contributed by atoms with van der Waals surface area (Å²) in [6.07, 6.45) is 1.43. The number of H-pyrrole nitrogens is 1. The molecule has 0 saturated heterocycles. The average molecular weight is 275 g/mol. The van der Waals surface area contributed by atoms with Gasteiger partial charge in [0.05, 0.1) is 11.5 Å². The third-order valence-electron chi connectivity index (χ3n) is 2.24. The van der Waals surface area contributed by atoms with Crippen molar-refractivity contribution in [1.29, 1.82) is 0 Å². The predicted octanol–water partition coefficient (Wildman–Crippen LogP) is 0.424. The number of nitrogens with two attached hydrogens (primary N) is 1. The van der Waals surface area contributed by atoms with E-state index >= 15 is 0 Å². The minimum absolute atomic E-state index is 0.201. The molecule has 1 aromatic rings. The molecular weight excluding hydrogens is 254 g/mol. The van der Waals surface area contributed by atoms with Crippen LogP contribution in [0.25, 0.3) is 0 Å². The van der Waals surface area contributed by atoms with E-state index in [1.165, 1.54) is 12.3 Å². The largest absolute Gasteiger partial charge is 0.380 e. The highest BCUT2D eigenvalue weighted by atomic mass is 32.2. The van der Waals surface area contributed by atoms with Crippen LogP contribution in [-0.2, 0) is 21.3 Å². The zero-order chi connectivity index (χ0) is 13.6. The van der Waals surface area contributed by atoms with E-state index in [1.807, 2.05) is 13.8 Å². The molecule has 18 heavy (non-hydrogen) atoms.